The van der Waals surface area contributed by atoms with Crippen LogP contribution in [0.4, 0.5) is 5.82 Å². The summed E-state index contributed by atoms with van der Waals surface area (Å²) in [6, 6.07) is 4.78. The molecule has 0 aliphatic carbocycles. The van der Waals surface area contributed by atoms with Crippen LogP contribution in [-0.2, 0) is 0 Å². The van der Waals surface area contributed by atoms with Crippen molar-refractivity contribution in [1.29, 1.82) is 0 Å². The molecule has 1 atom stereocenters. The van der Waals surface area contributed by atoms with Gasteiger partial charge in [0.15, 0.2) is 0 Å². The number of hydrogen-bond acceptors (Lipinski definition) is 4. The fourth-order valence-corrected chi connectivity index (χ4v) is 2.54. The van der Waals surface area contributed by atoms with Crippen LogP contribution in [0.2, 0.25) is 0 Å². The van der Waals surface area contributed by atoms with Crippen molar-refractivity contribution in [2.45, 2.75) is 26.3 Å². The highest BCUT2D eigenvalue weighted by Gasteiger charge is 2.22. The van der Waals surface area contributed by atoms with Crippen molar-refractivity contribution >= 4 is 5.82 Å². The lowest BCUT2D eigenvalue weighted by Crippen LogP contribution is -2.52. The summed E-state index contributed by atoms with van der Waals surface area (Å²) in [6.07, 6.45) is 3.08. The van der Waals surface area contributed by atoms with Crippen molar-refractivity contribution in [1.82, 2.24) is 9.88 Å². The molecule has 0 amide bonds. The monoisotopic (exact) mass is 248 g/mol. The van der Waals surface area contributed by atoms with E-state index in [1.807, 2.05) is 6.20 Å². The van der Waals surface area contributed by atoms with Crippen LogP contribution >= 0.6 is 0 Å². The van der Waals surface area contributed by atoms with Gasteiger partial charge in [-0.3, -0.25) is 4.90 Å². The van der Waals surface area contributed by atoms with Crippen LogP contribution in [0, 0.1) is 6.92 Å². The first-order chi connectivity index (χ1) is 8.74. The molecule has 2 rings (SSSR count). The van der Waals surface area contributed by atoms with Gasteiger partial charge in [-0.25, -0.2) is 4.98 Å². The van der Waals surface area contributed by atoms with Gasteiger partial charge in [0.1, 0.15) is 5.82 Å². The van der Waals surface area contributed by atoms with E-state index in [0.29, 0.717) is 6.04 Å². The molecule has 1 fully saturated rings. The Bertz CT molecular complexity index is 351. The molecule has 1 unspecified atom stereocenters. The first kappa shape index (κ1) is 13.3. The van der Waals surface area contributed by atoms with E-state index in [2.05, 4.69) is 40.8 Å². The van der Waals surface area contributed by atoms with E-state index < -0.39 is 0 Å². The standard InChI is InChI=1S/C14H24N4/c1-3-13(10-15)17-6-8-18(9-7-17)14-5-4-12(2)11-16-14/h4-5,11,13H,3,6-10,15H2,1-2H3. The van der Waals surface area contributed by atoms with Crippen LogP contribution in [0.25, 0.3) is 0 Å². The molecule has 0 radical (unpaired) electrons. The fourth-order valence-electron chi connectivity index (χ4n) is 2.54. The zero-order valence-electron chi connectivity index (χ0n) is 11.5. The summed E-state index contributed by atoms with van der Waals surface area (Å²) in [5.74, 6) is 1.10. The number of piperazine rings is 1. The largest absolute Gasteiger partial charge is 0.354 e. The van der Waals surface area contributed by atoms with Gasteiger partial charge in [-0.05, 0) is 25.0 Å². The summed E-state index contributed by atoms with van der Waals surface area (Å²) in [5, 5.41) is 0. The number of rotatable bonds is 4. The van der Waals surface area contributed by atoms with Crippen molar-refractivity contribution in [3.05, 3.63) is 23.9 Å². The number of pyridine rings is 1. The normalized spacial score (nSPS) is 18.9. The van der Waals surface area contributed by atoms with Crippen LogP contribution in [0.3, 0.4) is 0 Å². The first-order valence-electron chi connectivity index (χ1n) is 6.86. The molecule has 1 aliphatic rings. The molecule has 1 saturated heterocycles. The smallest absolute Gasteiger partial charge is 0.128 e. The summed E-state index contributed by atoms with van der Waals surface area (Å²) in [5.41, 5.74) is 7.02. The van der Waals surface area contributed by atoms with Gasteiger partial charge < -0.3 is 10.6 Å². The molecular weight excluding hydrogens is 224 g/mol. The Morgan fingerprint density at radius 3 is 2.50 bits per heavy atom. The maximum absolute atomic E-state index is 5.81. The van der Waals surface area contributed by atoms with Crippen LogP contribution in [0.5, 0.6) is 0 Å². The molecule has 18 heavy (non-hydrogen) atoms. The second-order valence-corrected chi connectivity index (χ2v) is 5.01. The number of nitrogens with two attached hydrogens (primary N) is 1. The van der Waals surface area contributed by atoms with Gasteiger partial charge in [0.05, 0.1) is 0 Å². The highest BCUT2D eigenvalue weighted by Crippen LogP contribution is 2.15. The van der Waals surface area contributed by atoms with E-state index in [-0.39, 0.29) is 0 Å². The molecule has 4 nitrogen and oxygen atoms in total. The third kappa shape index (κ3) is 3.00. The number of nitrogens with zero attached hydrogens (tertiary/aromatic N) is 3. The van der Waals surface area contributed by atoms with Crippen LogP contribution < -0.4 is 10.6 Å². The molecule has 2 heterocycles. The molecule has 0 spiro atoms. The molecule has 100 valence electrons. The molecule has 0 aromatic carbocycles. The topological polar surface area (TPSA) is 45.4 Å². The lowest BCUT2D eigenvalue weighted by Gasteiger charge is -2.39. The van der Waals surface area contributed by atoms with E-state index in [1.54, 1.807) is 0 Å². The van der Waals surface area contributed by atoms with Gasteiger partial charge in [-0.2, -0.15) is 0 Å². The highest BCUT2D eigenvalue weighted by atomic mass is 15.3. The predicted molar refractivity (Wildman–Crippen MR) is 75.9 cm³/mol. The van der Waals surface area contributed by atoms with E-state index >= 15 is 0 Å². The molecule has 1 aromatic heterocycles. The molecule has 1 aliphatic heterocycles. The van der Waals surface area contributed by atoms with Gasteiger partial charge in [0.2, 0.25) is 0 Å². The lowest BCUT2D eigenvalue weighted by atomic mass is 10.1. The lowest BCUT2D eigenvalue weighted by molar-refractivity contribution is 0.184. The molecule has 4 heteroatoms. The SMILES string of the molecule is CCC(CN)N1CCN(c2ccc(C)cn2)CC1. The first-order valence-corrected chi connectivity index (χ1v) is 6.86. The third-order valence-electron chi connectivity index (χ3n) is 3.79. The van der Waals surface area contributed by atoms with E-state index in [9.17, 15) is 0 Å². The minimum atomic E-state index is 0.540. The van der Waals surface area contributed by atoms with E-state index in [1.165, 1.54) is 5.56 Å². The Morgan fingerprint density at radius 2 is 2.00 bits per heavy atom. The second-order valence-electron chi connectivity index (χ2n) is 5.01. The van der Waals surface area contributed by atoms with Gasteiger partial charge in [-0.15, -0.1) is 0 Å². The van der Waals surface area contributed by atoms with Crippen LogP contribution in [0.15, 0.2) is 18.3 Å². The van der Waals surface area contributed by atoms with Gasteiger partial charge in [-0.1, -0.05) is 13.0 Å². The van der Waals surface area contributed by atoms with Crippen molar-refractivity contribution in [2.75, 3.05) is 37.6 Å². The molecule has 0 saturated carbocycles. The maximum Gasteiger partial charge on any atom is 0.128 e. The summed E-state index contributed by atoms with van der Waals surface area (Å²) < 4.78 is 0. The number of hydrogen-bond donors (Lipinski definition) is 1. The molecule has 2 N–H and O–H groups in total. The number of aromatic nitrogens is 1. The predicted octanol–water partition coefficient (Wildman–Crippen LogP) is 1.25. The van der Waals surface area contributed by atoms with Crippen molar-refractivity contribution in [2.24, 2.45) is 5.73 Å². The van der Waals surface area contributed by atoms with E-state index in [0.717, 1.165) is 45.0 Å². The Kier molecular flexibility index (Phi) is 4.55. The van der Waals surface area contributed by atoms with Crippen molar-refractivity contribution in [3.8, 4) is 0 Å². The maximum atomic E-state index is 5.81. The Morgan fingerprint density at radius 1 is 1.28 bits per heavy atom. The molecule has 0 bridgehead atoms. The zero-order chi connectivity index (χ0) is 13.0. The third-order valence-corrected chi connectivity index (χ3v) is 3.79. The molecule has 1 aromatic rings. The summed E-state index contributed by atoms with van der Waals surface area (Å²) in [7, 11) is 0. The van der Waals surface area contributed by atoms with E-state index in [4.69, 9.17) is 5.73 Å². The van der Waals surface area contributed by atoms with Crippen molar-refractivity contribution in [3.63, 3.8) is 0 Å². The zero-order valence-corrected chi connectivity index (χ0v) is 11.5. The van der Waals surface area contributed by atoms with Gasteiger partial charge in [0, 0.05) is 45.0 Å². The average Bonchev–Trinajstić information content (AvgIpc) is 2.42. The number of aryl methyl sites for hydroxylation is 1. The molecular formula is C14H24N4. The van der Waals surface area contributed by atoms with Gasteiger partial charge in [0.25, 0.3) is 0 Å². The Labute approximate surface area is 110 Å². The Hall–Kier alpha value is -1.13. The minimum absolute atomic E-state index is 0.540. The fraction of sp³-hybridized carbons (Fsp3) is 0.643. The average molecular weight is 248 g/mol. The van der Waals surface area contributed by atoms with Crippen molar-refractivity contribution < 1.29 is 0 Å². The van der Waals surface area contributed by atoms with Crippen LogP contribution in [-0.4, -0.2) is 48.6 Å². The number of anilines is 1. The second kappa shape index (κ2) is 6.16. The minimum Gasteiger partial charge on any atom is -0.354 e. The van der Waals surface area contributed by atoms with Gasteiger partial charge >= 0.3 is 0 Å². The Balaban J connectivity index is 1.92. The summed E-state index contributed by atoms with van der Waals surface area (Å²) in [4.78, 5) is 9.36. The quantitative estimate of drug-likeness (QED) is 0.871. The summed E-state index contributed by atoms with van der Waals surface area (Å²) >= 11 is 0. The highest BCUT2D eigenvalue weighted by molar-refractivity contribution is 5.39. The summed E-state index contributed by atoms with van der Waals surface area (Å²) in [6.45, 7) is 9.32. The van der Waals surface area contributed by atoms with Crippen LogP contribution in [0.1, 0.15) is 18.9 Å².